The Balaban J connectivity index is 1.82. The van der Waals surface area contributed by atoms with Gasteiger partial charge < -0.3 is 4.90 Å². The number of nitrogens with one attached hydrogen (secondary N) is 1. The van der Waals surface area contributed by atoms with Crippen LogP contribution in [-0.4, -0.2) is 64.4 Å². The molecule has 1 N–H and O–H groups in total. The fraction of sp³-hybridized carbons (Fsp3) is 0.429. The van der Waals surface area contributed by atoms with Crippen LogP contribution in [0, 0.1) is 0 Å². The topological polar surface area (TPSA) is 110 Å². The first-order valence-electron chi connectivity index (χ1n) is 7.50. The minimum absolute atomic E-state index is 0.200. The van der Waals surface area contributed by atoms with Gasteiger partial charge in [0.25, 0.3) is 5.91 Å². The number of pyridine rings is 1. The predicted octanol–water partition coefficient (Wildman–Crippen LogP) is -0.184. The zero-order chi connectivity index (χ0) is 17.2. The Hall–Kier alpha value is -2.33. The molecule has 2 aromatic heterocycles. The van der Waals surface area contributed by atoms with Gasteiger partial charge in [-0.2, -0.15) is 5.10 Å². The van der Waals surface area contributed by atoms with Gasteiger partial charge in [-0.05, 0) is 25.0 Å². The van der Waals surface area contributed by atoms with Crippen LogP contribution in [0.5, 0.6) is 0 Å². The van der Waals surface area contributed by atoms with E-state index in [2.05, 4.69) is 19.8 Å². The number of likely N-dealkylation sites (tertiary alicyclic amines) is 1. The monoisotopic (exact) mass is 350 g/mol. The molecule has 1 aliphatic heterocycles. The summed E-state index contributed by atoms with van der Waals surface area (Å²) in [4.78, 5) is 22.6. The number of rotatable bonds is 4. The van der Waals surface area contributed by atoms with Crippen LogP contribution in [0.2, 0.25) is 0 Å². The summed E-state index contributed by atoms with van der Waals surface area (Å²) in [6, 6.07) is 3.09. The highest BCUT2D eigenvalue weighted by molar-refractivity contribution is 7.88. The molecule has 1 amide bonds. The molecule has 0 aliphatic carbocycles. The van der Waals surface area contributed by atoms with E-state index in [1.807, 2.05) is 0 Å². The van der Waals surface area contributed by atoms with E-state index in [0.29, 0.717) is 30.9 Å². The summed E-state index contributed by atoms with van der Waals surface area (Å²) in [5.41, 5.74) is 0.406. The van der Waals surface area contributed by atoms with Crippen molar-refractivity contribution in [2.45, 2.75) is 18.9 Å². The largest absolute Gasteiger partial charge is 0.337 e. The molecule has 24 heavy (non-hydrogen) atoms. The third-order valence-corrected chi connectivity index (χ3v) is 4.50. The normalized spacial score (nSPS) is 18.5. The second-order valence-electron chi connectivity index (χ2n) is 5.69. The Morgan fingerprint density at radius 1 is 1.42 bits per heavy atom. The van der Waals surface area contributed by atoms with Crippen LogP contribution >= 0.6 is 0 Å². The highest BCUT2D eigenvalue weighted by Gasteiger charge is 2.28. The predicted molar refractivity (Wildman–Crippen MR) is 86.1 cm³/mol. The molecule has 1 unspecified atom stereocenters. The van der Waals surface area contributed by atoms with Gasteiger partial charge in [0, 0.05) is 25.3 Å². The summed E-state index contributed by atoms with van der Waals surface area (Å²) < 4.78 is 26.8. The third kappa shape index (κ3) is 3.77. The van der Waals surface area contributed by atoms with E-state index in [9.17, 15) is 13.2 Å². The lowest BCUT2D eigenvalue weighted by Gasteiger charge is -2.33. The van der Waals surface area contributed by atoms with Crippen molar-refractivity contribution in [3.05, 3.63) is 36.5 Å². The number of piperidine rings is 1. The lowest BCUT2D eigenvalue weighted by molar-refractivity contribution is 0.0702. The smallest absolute Gasteiger partial charge is 0.257 e. The minimum atomic E-state index is -3.30. The van der Waals surface area contributed by atoms with E-state index < -0.39 is 10.0 Å². The van der Waals surface area contributed by atoms with Gasteiger partial charge in [0.15, 0.2) is 5.82 Å². The molecule has 3 rings (SSSR count). The number of carbonyl (C=O) groups is 1. The van der Waals surface area contributed by atoms with Crippen LogP contribution in [0.1, 0.15) is 23.2 Å². The lowest BCUT2D eigenvalue weighted by atomic mass is 10.1. The van der Waals surface area contributed by atoms with Gasteiger partial charge in [0.2, 0.25) is 10.0 Å². The maximum Gasteiger partial charge on any atom is 0.257 e. The van der Waals surface area contributed by atoms with E-state index in [1.54, 1.807) is 23.2 Å². The molecule has 1 atom stereocenters. The molecule has 2 aromatic rings. The Morgan fingerprint density at radius 2 is 2.25 bits per heavy atom. The van der Waals surface area contributed by atoms with Crippen molar-refractivity contribution in [2.24, 2.45) is 0 Å². The van der Waals surface area contributed by atoms with Gasteiger partial charge in [-0.15, -0.1) is 0 Å². The first-order chi connectivity index (χ1) is 11.4. The van der Waals surface area contributed by atoms with Crippen LogP contribution < -0.4 is 4.72 Å². The number of sulfonamides is 1. The van der Waals surface area contributed by atoms with Gasteiger partial charge in [-0.3, -0.25) is 4.79 Å². The number of hydrogen-bond donors (Lipinski definition) is 1. The van der Waals surface area contributed by atoms with E-state index in [4.69, 9.17) is 0 Å². The summed E-state index contributed by atoms with van der Waals surface area (Å²) >= 11 is 0. The summed E-state index contributed by atoms with van der Waals surface area (Å²) in [5, 5.41) is 4.02. The third-order valence-electron chi connectivity index (χ3n) is 3.74. The van der Waals surface area contributed by atoms with Crippen LogP contribution in [0.3, 0.4) is 0 Å². The van der Waals surface area contributed by atoms with Gasteiger partial charge in [0.05, 0.1) is 11.8 Å². The molecule has 0 aromatic carbocycles. The Bertz CT molecular complexity index is 821. The summed E-state index contributed by atoms with van der Waals surface area (Å²) in [5.74, 6) is 0.201. The van der Waals surface area contributed by atoms with Crippen molar-refractivity contribution in [1.29, 1.82) is 0 Å². The molecular formula is C14H18N6O3S. The van der Waals surface area contributed by atoms with Crippen LogP contribution in [0.15, 0.2) is 31.0 Å². The fourth-order valence-corrected chi connectivity index (χ4v) is 3.59. The zero-order valence-electron chi connectivity index (χ0n) is 13.2. The SMILES string of the molecule is CS(=O)(=O)NC1CCCN(C(=O)c2cccnc2-n2cncn2)C1. The van der Waals surface area contributed by atoms with Crippen molar-refractivity contribution < 1.29 is 13.2 Å². The number of amides is 1. The quantitative estimate of drug-likeness (QED) is 0.819. The summed E-state index contributed by atoms with van der Waals surface area (Å²) in [7, 11) is -3.30. The fourth-order valence-electron chi connectivity index (χ4n) is 2.79. The zero-order valence-corrected chi connectivity index (χ0v) is 14.0. The molecule has 9 nitrogen and oxygen atoms in total. The lowest BCUT2D eigenvalue weighted by Crippen LogP contribution is -2.49. The van der Waals surface area contributed by atoms with Crippen LogP contribution in [0.4, 0.5) is 0 Å². The molecule has 128 valence electrons. The average Bonchev–Trinajstić information content (AvgIpc) is 3.07. The van der Waals surface area contributed by atoms with Crippen molar-refractivity contribution in [3.8, 4) is 5.82 Å². The second kappa shape index (κ2) is 6.65. The van der Waals surface area contributed by atoms with E-state index in [-0.39, 0.29) is 11.9 Å². The molecule has 1 aliphatic rings. The maximum absolute atomic E-state index is 12.9. The highest BCUT2D eigenvalue weighted by Crippen LogP contribution is 2.17. The van der Waals surface area contributed by atoms with Crippen molar-refractivity contribution in [1.82, 2.24) is 29.4 Å². The Morgan fingerprint density at radius 3 is 2.96 bits per heavy atom. The minimum Gasteiger partial charge on any atom is -0.337 e. The van der Waals surface area contributed by atoms with E-state index >= 15 is 0 Å². The Kier molecular flexibility index (Phi) is 4.58. The average molecular weight is 350 g/mol. The van der Waals surface area contributed by atoms with Gasteiger partial charge in [-0.1, -0.05) is 0 Å². The van der Waals surface area contributed by atoms with E-state index in [0.717, 1.165) is 12.7 Å². The van der Waals surface area contributed by atoms with E-state index in [1.165, 1.54) is 17.3 Å². The van der Waals surface area contributed by atoms with Crippen molar-refractivity contribution in [2.75, 3.05) is 19.3 Å². The molecule has 1 fully saturated rings. The second-order valence-corrected chi connectivity index (χ2v) is 7.47. The van der Waals surface area contributed by atoms with Crippen LogP contribution in [-0.2, 0) is 10.0 Å². The molecule has 1 saturated heterocycles. The van der Waals surface area contributed by atoms with Crippen LogP contribution in [0.25, 0.3) is 5.82 Å². The van der Waals surface area contributed by atoms with Crippen molar-refractivity contribution >= 4 is 15.9 Å². The maximum atomic E-state index is 12.9. The number of carbonyl (C=O) groups excluding carboxylic acids is 1. The van der Waals surface area contributed by atoms with Gasteiger partial charge >= 0.3 is 0 Å². The summed E-state index contributed by atoms with van der Waals surface area (Å²) in [6.07, 6.45) is 6.99. The molecule has 0 spiro atoms. The number of aromatic nitrogens is 4. The number of hydrogen-bond acceptors (Lipinski definition) is 6. The number of nitrogens with zero attached hydrogens (tertiary/aromatic N) is 5. The highest BCUT2D eigenvalue weighted by atomic mass is 32.2. The van der Waals surface area contributed by atoms with Gasteiger partial charge in [-0.25, -0.2) is 27.8 Å². The summed E-state index contributed by atoms with van der Waals surface area (Å²) in [6.45, 7) is 0.907. The molecule has 0 bridgehead atoms. The Labute approximate surface area is 139 Å². The first kappa shape index (κ1) is 16.5. The standard InChI is InChI=1S/C14H18N6O3S/c1-24(22,23)18-11-4-3-7-19(8-11)14(21)12-5-2-6-16-13(12)20-10-15-9-17-20/h2,5-6,9-11,18H,3-4,7-8H2,1H3. The molecule has 10 heteroatoms. The van der Waals surface area contributed by atoms with Crippen molar-refractivity contribution in [3.63, 3.8) is 0 Å². The van der Waals surface area contributed by atoms with Gasteiger partial charge in [0.1, 0.15) is 12.7 Å². The molecule has 0 saturated carbocycles. The molecular weight excluding hydrogens is 332 g/mol. The first-order valence-corrected chi connectivity index (χ1v) is 9.40. The molecule has 3 heterocycles. The molecule has 0 radical (unpaired) electrons.